The van der Waals surface area contributed by atoms with Gasteiger partial charge in [0.15, 0.2) is 5.96 Å². The third kappa shape index (κ3) is 7.38. The normalized spacial score (nSPS) is 21.6. The van der Waals surface area contributed by atoms with Gasteiger partial charge in [-0.2, -0.15) is 0 Å². The van der Waals surface area contributed by atoms with Gasteiger partial charge in [-0.05, 0) is 37.8 Å². The van der Waals surface area contributed by atoms with Crippen molar-refractivity contribution in [2.75, 3.05) is 52.7 Å². The lowest BCUT2D eigenvalue weighted by Gasteiger charge is -2.25. The minimum absolute atomic E-state index is 0. The van der Waals surface area contributed by atoms with Gasteiger partial charge < -0.3 is 24.4 Å². The molecule has 1 aromatic rings. The van der Waals surface area contributed by atoms with Gasteiger partial charge in [0.1, 0.15) is 0 Å². The zero-order valence-corrected chi connectivity index (χ0v) is 20.2. The van der Waals surface area contributed by atoms with Gasteiger partial charge >= 0.3 is 0 Å². The average molecular weight is 517 g/mol. The lowest BCUT2D eigenvalue weighted by molar-refractivity contribution is 0.0453. The van der Waals surface area contributed by atoms with Crippen molar-refractivity contribution in [1.82, 2.24) is 10.2 Å². The number of hydrogen-bond donors (Lipinski definition) is 1. The molecule has 0 aromatic heterocycles. The topological polar surface area (TPSA) is 55.3 Å². The fourth-order valence-electron chi connectivity index (χ4n) is 3.95. The lowest BCUT2D eigenvalue weighted by Crippen LogP contribution is -2.41. The molecule has 2 fully saturated rings. The maximum atomic E-state index is 5.68. The van der Waals surface area contributed by atoms with Gasteiger partial charge in [0.25, 0.3) is 0 Å². The SMILES string of the molecule is CCNC(=NCc1cccc(COCCOCC)c1)N1CCC2(CCOC2)C1.I. The highest BCUT2D eigenvalue weighted by molar-refractivity contribution is 14.0. The second-order valence-corrected chi connectivity index (χ2v) is 7.71. The molecule has 2 heterocycles. The standard InChI is InChI=1S/C22H35N3O3.HI/c1-3-23-21(25-10-8-22(17-25)9-11-28-18-22)24-15-19-6-5-7-20(14-19)16-27-13-12-26-4-2;/h5-7,14H,3-4,8-13,15-18H2,1-2H3,(H,23,24);1H. The summed E-state index contributed by atoms with van der Waals surface area (Å²) in [6.45, 7) is 12.2. The minimum atomic E-state index is 0. The Morgan fingerprint density at radius 1 is 1.21 bits per heavy atom. The highest BCUT2D eigenvalue weighted by Gasteiger charge is 2.42. The molecule has 2 aliphatic rings. The van der Waals surface area contributed by atoms with E-state index in [4.69, 9.17) is 19.2 Å². The molecule has 6 nitrogen and oxygen atoms in total. The van der Waals surface area contributed by atoms with Gasteiger partial charge in [-0.1, -0.05) is 24.3 Å². The summed E-state index contributed by atoms with van der Waals surface area (Å²) < 4.78 is 16.6. The van der Waals surface area contributed by atoms with Gasteiger partial charge in [-0.25, -0.2) is 4.99 Å². The van der Waals surface area contributed by atoms with Gasteiger partial charge in [0.2, 0.25) is 0 Å². The number of ether oxygens (including phenoxy) is 3. The van der Waals surface area contributed by atoms with Crippen LogP contribution < -0.4 is 5.32 Å². The summed E-state index contributed by atoms with van der Waals surface area (Å²) in [6, 6.07) is 8.50. The number of guanidine groups is 1. The predicted molar refractivity (Wildman–Crippen MR) is 127 cm³/mol. The summed E-state index contributed by atoms with van der Waals surface area (Å²) in [5.74, 6) is 1.02. The monoisotopic (exact) mass is 517 g/mol. The number of nitrogens with one attached hydrogen (secondary N) is 1. The largest absolute Gasteiger partial charge is 0.381 e. The fourth-order valence-corrected chi connectivity index (χ4v) is 3.95. The zero-order valence-electron chi connectivity index (χ0n) is 17.8. The van der Waals surface area contributed by atoms with Gasteiger partial charge in [-0.3, -0.25) is 0 Å². The second kappa shape index (κ2) is 12.7. The van der Waals surface area contributed by atoms with Crippen molar-refractivity contribution in [3.63, 3.8) is 0 Å². The van der Waals surface area contributed by atoms with Crippen molar-refractivity contribution in [3.05, 3.63) is 35.4 Å². The van der Waals surface area contributed by atoms with Crippen LogP contribution in [0.2, 0.25) is 0 Å². The van der Waals surface area contributed by atoms with Gasteiger partial charge in [0, 0.05) is 38.3 Å². The van der Waals surface area contributed by atoms with Crippen LogP contribution in [-0.4, -0.2) is 63.5 Å². The molecule has 2 saturated heterocycles. The van der Waals surface area contributed by atoms with Crippen LogP contribution in [0.3, 0.4) is 0 Å². The van der Waals surface area contributed by atoms with Gasteiger partial charge in [-0.15, -0.1) is 24.0 Å². The van der Waals surface area contributed by atoms with Crippen LogP contribution in [-0.2, 0) is 27.4 Å². The molecule has 2 aliphatic heterocycles. The molecule has 1 spiro atoms. The van der Waals surface area contributed by atoms with E-state index < -0.39 is 0 Å². The Labute approximate surface area is 192 Å². The molecule has 7 heteroatoms. The number of likely N-dealkylation sites (tertiary alicyclic amines) is 1. The quantitative estimate of drug-likeness (QED) is 0.236. The van der Waals surface area contributed by atoms with Crippen LogP contribution in [0.5, 0.6) is 0 Å². The molecule has 1 atom stereocenters. The Hall–Kier alpha value is -0.900. The van der Waals surface area contributed by atoms with Crippen molar-refractivity contribution in [3.8, 4) is 0 Å². The molecule has 0 bridgehead atoms. The number of nitrogens with zero attached hydrogens (tertiary/aromatic N) is 2. The maximum absolute atomic E-state index is 5.68. The van der Waals surface area contributed by atoms with E-state index >= 15 is 0 Å². The average Bonchev–Trinajstić information content (AvgIpc) is 3.35. The van der Waals surface area contributed by atoms with E-state index in [1.165, 1.54) is 24.0 Å². The first-order valence-electron chi connectivity index (χ1n) is 10.6. The highest BCUT2D eigenvalue weighted by atomic mass is 127. The maximum Gasteiger partial charge on any atom is 0.194 e. The molecule has 1 N–H and O–H groups in total. The molecule has 29 heavy (non-hydrogen) atoms. The molecular weight excluding hydrogens is 481 g/mol. The molecule has 0 amide bonds. The zero-order chi connectivity index (χ0) is 19.7. The molecule has 0 aliphatic carbocycles. The Kier molecular flexibility index (Phi) is 10.7. The summed E-state index contributed by atoms with van der Waals surface area (Å²) in [4.78, 5) is 7.31. The first-order chi connectivity index (χ1) is 13.7. The van der Waals surface area contributed by atoms with Crippen LogP contribution in [0, 0.1) is 5.41 Å². The smallest absolute Gasteiger partial charge is 0.194 e. The Morgan fingerprint density at radius 3 is 2.79 bits per heavy atom. The summed E-state index contributed by atoms with van der Waals surface area (Å²) in [5.41, 5.74) is 2.73. The van der Waals surface area contributed by atoms with Crippen molar-refractivity contribution in [2.24, 2.45) is 10.4 Å². The molecule has 164 valence electrons. The molecule has 0 radical (unpaired) electrons. The summed E-state index contributed by atoms with van der Waals surface area (Å²) in [7, 11) is 0. The summed E-state index contributed by atoms with van der Waals surface area (Å²) >= 11 is 0. The highest BCUT2D eigenvalue weighted by Crippen LogP contribution is 2.38. The van der Waals surface area contributed by atoms with Crippen molar-refractivity contribution in [1.29, 1.82) is 0 Å². The van der Waals surface area contributed by atoms with Crippen LogP contribution in [0.15, 0.2) is 29.3 Å². The first kappa shape index (κ1) is 24.4. The van der Waals surface area contributed by atoms with E-state index in [1.807, 2.05) is 6.92 Å². The Morgan fingerprint density at radius 2 is 2.03 bits per heavy atom. The molecule has 3 rings (SSSR count). The van der Waals surface area contributed by atoms with Gasteiger partial charge in [0.05, 0.1) is 33.0 Å². The number of aliphatic imine (C=N–C) groups is 1. The lowest BCUT2D eigenvalue weighted by atomic mass is 9.87. The minimum Gasteiger partial charge on any atom is -0.381 e. The van der Waals surface area contributed by atoms with Crippen molar-refractivity contribution < 1.29 is 14.2 Å². The van der Waals surface area contributed by atoms with Crippen molar-refractivity contribution >= 4 is 29.9 Å². The van der Waals surface area contributed by atoms with E-state index in [2.05, 4.69) is 41.4 Å². The van der Waals surface area contributed by atoms with E-state index in [-0.39, 0.29) is 24.0 Å². The first-order valence-corrected chi connectivity index (χ1v) is 10.6. The number of benzene rings is 1. The van der Waals surface area contributed by atoms with E-state index in [0.29, 0.717) is 31.8 Å². The number of hydrogen-bond acceptors (Lipinski definition) is 4. The Bertz CT molecular complexity index is 635. The second-order valence-electron chi connectivity index (χ2n) is 7.71. The van der Waals surface area contributed by atoms with Crippen LogP contribution >= 0.6 is 24.0 Å². The third-order valence-corrected chi connectivity index (χ3v) is 5.51. The molecule has 1 aromatic carbocycles. The van der Waals surface area contributed by atoms with Crippen LogP contribution in [0.25, 0.3) is 0 Å². The molecular formula is C22H36IN3O3. The third-order valence-electron chi connectivity index (χ3n) is 5.51. The summed E-state index contributed by atoms with van der Waals surface area (Å²) in [6.07, 6.45) is 2.38. The van der Waals surface area contributed by atoms with E-state index in [0.717, 1.165) is 45.4 Å². The number of rotatable bonds is 9. The molecule has 1 unspecified atom stereocenters. The van der Waals surface area contributed by atoms with E-state index in [9.17, 15) is 0 Å². The molecule has 0 saturated carbocycles. The van der Waals surface area contributed by atoms with Crippen LogP contribution in [0.4, 0.5) is 0 Å². The number of halogens is 1. The van der Waals surface area contributed by atoms with E-state index in [1.54, 1.807) is 0 Å². The van der Waals surface area contributed by atoms with Crippen LogP contribution in [0.1, 0.15) is 37.8 Å². The Balaban J connectivity index is 0.00000300. The predicted octanol–water partition coefficient (Wildman–Crippen LogP) is 3.44. The van der Waals surface area contributed by atoms with Crippen molar-refractivity contribution in [2.45, 2.75) is 39.8 Å². The fraction of sp³-hybridized carbons (Fsp3) is 0.682. The summed E-state index contributed by atoms with van der Waals surface area (Å²) in [5, 5.41) is 3.47.